The van der Waals surface area contributed by atoms with Crippen molar-refractivity contribution in [3.63, 3.8) is 0 Å². The molecule has 2 aromatic carbocycles. The summed E-state index contributed by atoms with van der Waals surface area (Å²) >= 11 is 0. The molecule has 2 rings (SSSR count). The Hall–Kier alpha value is -3.73. The van der Waals surface area contributed by atoms with Crippen molar-refractivity contribution < 1.29 is 23.5 Å². The van der Waals surface area contributed by atoms with Crippen LogP contribution in [0.1, 0.15) is 22.8 Å². The molecule has 27 heavy (non-hydrogen) atoms. The number of anilines is 1. The second-order valence-electron chi connectivity index (χ2n) is 5.50. The summed E-state index contributed by atoms with van der Waals surface area (Å²) in [4.78, 5) is 35.6. The number of amides is 2. The van der Waals surface area contributed by atoms with Gasteiger partial charge in [0.2, 0.25) is 0 Å². The van der Waals surface area contributed by atoms with Crippen molar-refractivity contribution in [2.45, 2.75) is 13.0 Å². The molecule has 0 bridgehead atoms. The van der Waals surface area contributed by atoms with Crippen LogP contribution in [0.3, 0.4) is 0 Å². The van der Waals surface area contributed by atoms with Gasteiger partial charge in [0.15, 0.2) is 6.10 Å². The van der Waals surface area contributed by atoms with Crippen LogP contribution in [0.4, 0.5) is 10.1 Å². The first kappa shape index (κ1) is 19.6. The number of halogens is 1. The Kier molecular flexibility index (Phi) is 6.61. The third-order valence-electron chi connectivity index (χ3n) is 3.44. The summed E-state index contributed by atoms with van der Waals surface area (Å²) in [5, 5.41) is 13.6. The van der Waals surface area contributed by atoms with Crippen LogP contribution in [0.5, 0.6) is 0 Å². The molecule has 0 saturated carbocycles. The number of carbonyl (C=O) groups is 3. The van der Waals surface area contributed by atoms with Gasteiger partial charge in [-0.25, -0.2) is 4.39 Å². The molecule has 0 unspecified atom stereocenters. The zero-order chi connectivity index (χ0) is 19.8. The maximum Gasteiger partial charge on any atom is 0.326 e. The van der Waals surface area contributed by atoms with Crippen molar-refractivity contribution in [2.24, 2.45) is 0 Å². The Bertz CT molecular complexity index is 891. The Morgan fingerprint density at radius 3 is 2.52 bits per heavy atom. The molecule has 2 N–H and O–H groups in total. The first-order valence-electron chi connectivity index (χ1n) is 7.93. The normalized spacial score (nSPS) is 11.0. The van der Waals surface area contributed by atoms with Crippen molar-refractivity contribution in [3.05, 3.63) is 65.5 Å². The number of hydrogen-bond donors (Lipinski definition) is 2. The van der Waals surface area contributed by atoms with Gasteiger partial charge in [-0.3, -0.25) is 14.4 Å². The topological polar surface area (TPSA) is 108 Å². The zero-order valence-electron chi connectivity index (χ0n) is 14.4. The van der Waals surface area contributed by atoms with E-state index in [1.807, 2.05) is 6.07 Å². The number of nitriles is 1. The first-order chi connectivity index (χ1) is 12.9. The molecule has 138 valence electrons. The van der Waals surface area contributed by atoms with E-state index in [1.54, 1.807) is 12.1 Å². The Labute approximate surface area is 154 Å². The van der Waals surface area contributed by atoms with Gasteiger partial charge in [0.05, 0.1) is 11.6 Å². The van der Waals surface area contributed by atoms with Crippen molar-refractivity contribution >= 4 is 23.5 Å². The molecule has 0 fully saturated rings. The molecule has 0 aliphatic carbocycles. The summed E-state index contributed by atoms with van der Waals surface area (Å²) in [6.45, 7) is 0.912. The van der Waals surface area contributed by atoms with Gasteiger partial charge >= 0.3 is 5.97 Å². The minimum Gasteiger partial charge on any atom is -0.451 e. The van der Waals surface area contributed by atoms with E-state index in [2.05, 4.69) is 10.6 Å². The molecule has 2 amide bonds. The third-order valence-corrected chi connectivity index (χ3v) is 3.44. The maximum atomic E-state index is 13.1. The predicted molar refractivity (Wildman–Crippen MR) is 94.1 cm³/mol. The highest BCUT2D eigenvalue weighted by molar-refractivity contribution is 5.97. The fourth-order valence-electron chi connectivity index (χ4n) is 2.05. The number of rotatable bonds is 6. The van der Waals surface area contributed by atoms with Crippen molar-refractivity contribution in [2.75, 3.05) is 11.9 Å². The zero-order valence-corrected chi connectivity index (χ0v) is 14.4. The average Bonchev–Trinajstić information content (AvgIpc) is 2.66. The summed E-state index contributed by atoms with van der Waals surface area (Å²) < 4.78 is 18.0. The highest BCUT2D eigenvalue weighted by Crippen LogP contribution is 2.10. The molecule has 2 aromatic rings. The van der Waals surface area contributed by atoms with E-state index in [0.717, 1.165) is 6.07 Å². The van der Waals surface area contributed by atoms with Crippen LogP contribution in [0.2, 0.25) is 0 Å². The molecule has 0 aliphatic heterocycles. The van der Waals surface area contributed by atoms with Crippen molar-refractivity contribution in [1.29, 1.82) is 5.26 Å². The smallest absolute Gasteiger partial charge is 0.326 e. The molecule has 0 radical (unpaired) electrons. The fourth-order valence-corrected chi connectivity index (χ4v) is 2.05. The summed E-state index contributed by atoms with van der Waals surface area (Å²) in [5.74, 6) is -2.59. The van der Waals surface area contributed by atoms with Gasteiger partial charge in [0.1, 0.15) is 12.4 Å². The first-order valence-corrected chi connectivity index (χ1v) is 7.93. The van der Waals surface area contributed by atoms with Crippen LogP contribution in [0.15, 0.2) is 48.5 Å². The molecule has 0 saturated heterocycles. The van der Waals surface area contributed by atoms with Crippen LogP contribution < -0.4 is 10.6 Å². The molecule has 0 aliphatic rings. The van der Waals surface area contributed by atoms with Gasteiger partial charge in [-0.1, -0.05) is 6.07 Å². The summed E-state index contributed by atoms with van der Waals surface area (Å²) in [7, 11) is 0. The molecular weight excluding hydrogens is 353 g/mol. The molecular formula is C19H16FN3O4. The van der Waals surface area contributed by atoms with Gasteiger partial charge in [0, 0.05) is 11.3 Å². The lowest BCUT2D eigenvalue weighted by molar-refractivity contribution is -0.152. The summed E-state index contributed by atoms with van der Waals surface area (Å²) in [6, 6.07) is 13.1. The number of hydrogen-bond acceptors (Lipinski definition) is 5. The van der Waals surface area contributed by atoms with E-state index in [9.17, 15) is 18.8 Å². The molecule has 0 heterocycles. The molecule has 0 spiro atoms. The van der Waals surface area contributed by atoms with E-state index < -0.39 is 36.2 Å². The lowest BCUT2D eigenvalue weighted by atomic mass is 10.2. The molecule has 7 nitrogen and oxygen atoms in total. The van der Waals surface area contributed by atoms with Crippen molar-refractivity contribution in [3.8, 4) is 6.07 Å². The van der Waals surface area contributed by atoms with Crippen molar-refractivity contribution in [1.82, 2.24) is 5.32 Å². The Morgan fingerprint density at radius 2 is 1.89 bits per heavy atom. The Morgan fingerprint density at radius 1 is 1.19 bits per heavy atom. The van der Waals surface area contributed by atoms with Crippen LogP contribution >= 0.6 is 0 Å². The summed E-state index contributed by atoms with van der Waals surface area (Å²) in [5.41, 5.74) is 0.956. The predicted octanol–water partition coefficient (Wildman–Crippen LogP) is 2.00. The standard InChI is InChI=1S/C19H16FN3O4/c1-12(18(25)23-16-7-5-13(10-21)6-8-16)27-17(24)11-22-19(26)14-3-2-4-15(20)9-14/h2-9,12H,11H2,1H3,(H,22,26)(H,23,25)/t12-/m1/s1. The lowest BCUT2D eigenvalue weighted by Gasteiger charge is -2.14. The van der Waals surface area contributed by atoms with Gasteiger partial charge < -0.3 is 15.4 Å². The van der Waals surface area contributed by atoms with Crippen LogP contribution in [-0.4, -0.2) is 30.4 Å². The van der Waals surface area contributed by atoms with E-state index in [-0.39, 0.29) is 5.56 Å². The maximum absolute atomic E-state index is 13.1. The number of nitrogens with one attached hydrogen (secondary N) is 2. The average molecular weight is 369 g/mol. The Balaban J connectivity index is 1.81. The minimum absolute atomic E-state index is 0.0643. The molecule has 8 heteroatoms. The monoisotopic (exact) mass is 369 g/mol. The molecule has 1 atom stereocenters. The van der Waals surface area contributed by atoms with Gasteiger partial charge in [-0.2, -0.15) is 5.26 Å². The second-order valence-corrected chi connectivity index (χ2v) is 5.50. The van der Waals surface area contributed by atoms with Crippen LogP contribution in [0.25, 0.3) is 0 Å². The van der Waals surface area contributed by atoms with Crippen LogP contribution in [-0.2, 0) is 14.3 Å². The number of esters is 1. The van der Waals surface area contributed by atoms with Gasteiger partial charge in [-0.15, -0.1) is 0 Å². The lowest BCUT2D eigenvalue weighted by Crippen LogP contribution is -2.35. The number of carbonyl (C=O) groups excluding carboxylic acids is 3. The van der Waals surface area contributed by atoms with E-state index in [0.29, 0.717) is 11.3 Å². The third kappa shape index (κ3) is 5.93. The van der Waals surface area contributed by atoms with Gasteiger partial charge in [0.25, 0.3) is 11.8 Å². The minimum atomic E-state index is -1.10. The van der Waals surface area contributed by atoms with Gasteiger partial charge in [-0.05, 0) is 49.4 Å². The fraction of sp³-hybridized carbons (Fsp3) is 0.158. The second kappa shape index (κ2) is 9.10. The number of benzene rings is 2. The SMILES string of the molecule is C[C@@H](OC(=O)CNC(=O)c1cccc(F)c1)C(=O)Nc1ccc(C#N)cc1. The van der Waals surface area contributed by atoms with E-state index in [4.69, 9.17) is 10.00 Å². The largest absolute Gasteiger partial charge is 0.451 e. The summed E-state index contributed by atoms with van der Waals surface area (Å²) in [6.07, 6.45) is -1.10. The highest BCUT2D eigenvalue weighted by Gasteiger charge is 2.18. The highest BCUT2D eigenvalue weighted by atomic mass is 19.1. The van der Waals surface area contributed by atoms with Crippen LogP contribution in [0, 0.1) is 17.1 Å². The van der Waals surface area contributed by atoms with E-state index in [1.165, 1.54) is 37.3 Å². The quantitative estimate of drug-likeness (QED) is 0.757. The number of ether oxygens (including phenoxy) is 1. The molecule has 0 aromatic heterocycles. The van der Waals surface area contributed by atoms with E-state index >= 15 is 0 Å². The number of nitrogens with zero attached hydrogens (tertiary/aromatic N) is 1.